The highest BCUT2D eigenvalue weighted by Gasteiger charge is 2.19. The van der Waals surface area contributed by atoms with Crippen LogP contribution in [0, 0.1) is 0 Å². The lowest BCUT2D eigenvalue weighted by Crippen LogP contribution is -2.21. The van der Waals surface area contributed by atoms with Crippen LogP contribution in [0.1, 0.15) is 20.7 Å². The van der Waals surface area contributed by atoms with E-state index in [1.807, 2.05) is 0 Å². The summed E-state index contributed by atoms with van der Waals surface area (Å²) in [6.07, 6.45) is 0. The van der Waals surface area contributed by atoms with Crippen LogP contribution in [0.15, 0.2) is 72.8 Å². The Morgan fingerprint density at radius 3 is 1.33 bits per heavy atom. The fourth-order valence-corrected chi connectivity index (χ4v) is 3.04. The molecule has 0 aliphatic heterocycles. The minimum atomic E-state index is -0.575. The molecule has 3 rings (SSSR count). The summed E-state index contributed by atoms with van der Waals surface area (Å²) in [5, 5.41) is 5.41. The van der Waals surface area contributed by atoms with Gasteiger partial charge in [-0.05, 0) is 36.4 Å². The largest absolute Gasteiger partial charge is 0.480 e. The van der Waals surface area contributed by atoms with Crippen LogP contribution in [0.25, 0.3) is 0 Å². The van der Waals surface area contributed by atoms with Gasteiger partial charge in [0, 0.05) is 0 Å². The summed E-state index contributed by atoms with van der Waals surface area (Å²) < 4.78 is 20.0. The Hall–Kier alpha value is -4.86. The maximum Gasteiger partial charge on any atom is 0.343 e. The van der Waals surface area contributed by atoms with E-state index in [9.17, 15) is 19.2 Å². The second-order valence-electron chi connectivity index (χ2n) is 7.18. The van der Waals surface area contributed by atoms with Gasteiger partial charge >= 0.3 is 11.9 Å². The summed E-state index contributed by atoms with van der Waals surface area (Å²) in [7, 11) is 2.48. The molecule has 0 spiro atoms. The first-order valence-corrected chi connectivity index (χ1v) is 10.7. The molecular weight excluding hydrogens is 468 g/mol. The van der Waals surface area contributed by atoms with E-state index >= 15 is 0 Å². The molecule has 0 atom stereocenters. The lowest BCUT2D eigenvalue weighted by Gasteiger charge is -2.15. The van der Waals surface area contributed by atoms with Gasteiger partial charge in [-0.1, -0.05) is 36.4 Å². The topological polar surface area (TPSA) is 129 Å². The highest BCUT2D eigenvalue weighted by molar-refractivity contribution is 6.15. The molecule has 36 heavy (non-hydrogen) atoms. The summed E-state index contributed by atoms with van der Waals surface area (Å²) in [5.41, 5.74) is 0.822. The molecule has 0 unspecified atom stereocenters. The quantitative estimate of drug-likeness (QED) is 0.413. The third kappa shape index (κ3) is 6.83. The van der Waals surface area contributed by atoms with Crippen molar-refractivity contribution >= 4 is 35.1 Å². The van der Waals surface area contributed by atoms with Gasteiger partial charge in [-0.25, -0.2) is 9.59 Å². The molecular formula is C26H24N2O8. The molecule has 3 aromatic carbocycles. The molecule has 0 heterocycles. The van der Waals surface area contributed by atoms with E-state index in [4.69, 9.17) is 9.47 Å². The average Bonchev–Trinajstić information content (AvgIpc) is 2.91. The van der Waals surface area contributed by atoms with Crippen molar-refractivity contribution in [2.24, 2.45) is 0 Å². The van der Waals surface area contributed by atoms with Crippen LogP contribution in [0.2, 0.25) is 0 Å². The molecule has 3 aromatic rings. The van der Waals surface area contributed by atoms with Gasteiger partial charge in [0.1, 0.15) is 11.5 Å². The minimum Gasteiger partial charge on any atom is -0.480 e. The van der Waals surface area contributed by atoms with Gasteiger partial charge in [-0.15, -0.1) is 0 Å². The predicted octanol–water partition coefficient (Wildman–Crippen LogP) is 3.29. The number of amides is 2. The van der Waals surface area contributed by atoms with Crippen LogP contribution >= 0.6 is 0 Å². The van der Waals surface area contributed by atoms with E-state index in [1.54, 1.807) is 60.7 Å². The number of nitrogens with one attached hydrogen (secondary N) is 2. The number of carbonyl (C=O) groups excluding carboxylic acids is 4. The zero-order valence-corrected chi connectivity index (χ0v) is 19.6. The molecule has 0 saturated carbocycles. The smallest absolute Gasteiger partial charge is 0.343 e. The van der Waals surface area contributed by atoms with Crippen LogP contribution in [0.3, 0.4) is 0 Å². The zero-order chi connectivity index (χ0) is 25.9. The Bertz CT molecular complexity index is 1160. The first-order chi connectivity index (χ1) is 17.4. The third-order valence-electron chi connectivity index (χ3n) is 4.83. The highest BCUT2D eigenvalue weighted by atomic mass is 16.6. The van der Waals surface area contributed by atoms with Gasteiger partial charge in [-0.3, -0.25) is 9.59 Å². The maximum absolute atomic E-state index is 13.1. The molecule has 0 saturated heterocycles. The minimum absolute atomic E-state index is 0.103. The Kier molecular flexibility index (Phi) is 8.99. The van der Waals surface area contributed by atoms with Crippen LogP contribution in [-0.2, 0) is 19.1 Å². The predicted molar refractivity (Wildman–Crippen MR) is 130 cm³/mol. The number of esters is 2. The van der Waals surface area contributed by atoms with Gasteiger partial charge in [-0.2, -0.15) is 0 Å². The number of hydrogen-bond donors (Lipinski definition) is 2. The molecule has 0 aliphatic rings. The van der Waals surface area contributed by atoms with Crippen molar-refractivity contribution in [2.45, 2.75) is 0 Å². The summed E-state index contributed by atoms with van der Waals surface area (Å²) in [6.45, 7) is -0.667. The monoisotopic (exact) mass is 492 g/mol. The van der Waals surface area contributed by atoms with Crippen LogP contribution in [0.5, 0.6) is 11.5 Å². The van der Waals surface area contributed by atoms with Crippen molar-refractivity contribution in [1.29, 1.82) is 0 Å². The highest BCUT2D eigenvalue weighted by Crippen LogP contribution is 2.27. The van der Waals surface area contributed by atoms with E-state index < -0.39 is 23.8 Å². The van der Waals surface area contributed by atoms with Crippen LogP contribution in [0.4, 0.5) is 11.4 Å². The van der Waals surface area contributed by atoms with Crippen LogP contribution in [-0.4, -0.2) is 51.2 Å². The van der Waals surface area contributed by atoms with Crippen molar-refractivity contribution in [3.63, 3.8) is 0 Å². The van der Waals surface area contributed by atoms with E-state index in [0.717, 1.165) is 0 Å². The van der Waals surface area contributed by atoms with Crippen molar-refractivity contribution in [3.05, 3.63) is 83.9 Å². The van der Waals surface area contributed by atoms with Gasteiger partial charge < -0.3 is 29.6 Å². The number of para-hydroxylation sites is 4. The van der Waals surface area contributed by atoms with Gasteiger partial charge in [0.2, 0.25) is 0 Å². The molecule has 0 bridgehead atoms. The number of rotatable bonds is 10. The fraction of sp³-hybridized carbons (Fsp3) is 0.154. The van der Waals surface area contributed by atoms with Crippen LogP contribution < -0.4 is 20.1 Å². The van der Waals surface area contributed by atoms with Crippen molar-refractivity contribution in [2.75, 3.05) is 38.1 Å². The Balaban J connectivity index is 1.78. The van der Waals surface area contributed by atoms with Gasteiger partial charge in [0.15, 0.2) is 13.2 Å². The molecule has 10 heteroatoms. The number of benzene rings is 3. The molecule has 2 amide bonds. The van der Waals surface area contributed by atoms with Crippen molar-refractivity contribution in [3.8, 4) is 11.5 Å². The average molecular weight is 492 g/mol. The SMILES string of the molecule is COC(=O)COc1ccccc1NC(=O)c1ccccc1C(=O)Nc1ccccc1OCC(=O)OC. The lowest BCUT2D eigenvalue weighted by molar-refractivity contribution is -0.143. The number of hydrogen-bond acceptors (Lipinski definition) is 8. The molecule has 10 nitrogen and oxygen atoms in total. The second kappa shape index (κ2) is 12.6. The first kappa shape index (κ1) is 25.8. The van der Waals surface area contributed by atoms with Crippen molar-refractivity contribution in [1.82, 2.24) is 0 Å². The van der Waals surface area contributed by atoms with Gasteiger partial charge in [0.05, 0.1) is 36.7 Å². The Labute approximate surface area is 207 Å². The summed E-state index contributed by atoms with van der Waals surface area (Å²) in [6, 6.07) is 19.4. The Morgan fingerprint density at radius 2 is 0.944 bits per heavy atom. The van der Waals surface area contributed by atoms with E-state index in [0.29, 0.717) is 11.4 Å². The lowest BCUT2D eigenvalue weighted by atomic mass is 10.1. The molecule has 0 radical (unpaired) electrons. The third-order valence-corrected chi connectivity index (χ3v) is 4.83. The summed E-state index contributed by atoms with van der Waals surface area (Å²) >= 11 is 0. The number of methoxy groups -OCH3 is 2. The summed E-state index contributed by atoms with van der Waals surface area (Å²) in [4.78, 5) is 49.0. The van der Waals surface area contributed by atoms with E-state index in [-0.39, 0.29) is 35.8 Å². The van der Waals surface area contributed by atoms with E-state index in [1.165, 1.54) is 26.4 Å². The molecule has 186 valence electrons. The normalized spacial score (nSPS) is 10.1. The van der Waals surface area contributed by atoms with Crippen molar-refractivity contribution < 1.29 is 38.1 Å². The van der Waals surface area contributed by atoms with E-state index in [2.05, 4.69) is 20.1 Å². The first-order valence-electron chi connectivity index (χ1n) is 10.7. The molecule has 2 N–H and O–H groups in total. The standard InChI is InChI=1S/C26H24N2O8/c1-33-23(29)15-35-21-13-7-5-11-19(21)27-25(31)17-9-3-4-10-18(17)26(32)28-20-12-6-8-14-22(20)36-16-24(30)34-2/h3-14H,15-16H2,1-2H3,(H,27,31)(H,28,32). The maximum atomic E-state index is 13.1. The molecule has 0 aromatic heterocycles. The summed E-state index contributed by atoms with van der Waals surface area (Å²) in [5.74, 6) is -1.76. The zero-order valence-electron chi connectivity index (χ0n) is 19.6. The second-order valence-corrected chi connectivity index (χ2v) is 7.18. The fourth-order valence-electron chi connectivity index (χ4n) is 3.04. The number of anilines is 2. The number of carbonyl (C=O) groups is 4. The van der Waals surface area contributed by atoms with Gasteiger partial charge in [0.25, 0.3) is 11.8 Å². The molecule has 0 fully saturated rings. The Morgan fingerprint density at radius 1 is 0.583 bits per heavy atom. The number of ether oxygens (including phenoxy) is 4. The molecule has 0 aliphatic carbocycles.